The third kappa shape index (κ3) is 2.54. The van der Waals surface area contributed by atoms with E-state index in [1.165, 1.54) is 25.0 Å². The predicted octanol–water partition coefficient (Wildman–Crippen LogP) is 2.16. The first-order chi connectivity index (χ1) is 11.7. The minimum atomic E-state index is -0.201. The third-order valence-corrected chi connectivity index (χ3v) is 5.89. The molecule has 2 aliphatic rings. The number of rotatable bonds is 3. The average molecular weight is 329 g/mol. The summed E-state index contributed by atoms with van der Waals surface area (Å²) in [5.41, 5.74) is 7.77. The maximum Gasteiger partial charge on any atom is 0.137 e. The van der Waals surface area contributed by atoms with Gasteiger partial charge >= 0.3 is 0 Å². The first-order valence-corrected chi connectivity index (χ1v) is 8.80. The Hall–Kier alpha value is -1.79. The van der Waals surface area contributed by atoms with E-state index in [0.29, 0.717) is 0 Å². The minimum Gasteiger partial charge on any atom is -0.326 e. The van der Waals surface area contributed by atoms with Crippen LogP contribution in [-0.4, -0.2) is 33.4 Å². The van der Waals surface area contributed by atoms with Crippen LogP contribution in [0.4, 0.5) is 4.39 Å². The molecule has 6 heteroatoms. The van der Waals surface area contributed by atoms with Crippen LogP contribution in [0.1, 0.15) is 43.6 Å². The van der Waals surface area contributed by atoms with E-state index in [4.69, 9.17) is 5.73 Å². The second kappa shape index (κ2) is 6.26. The van der Waals surface area contributed by atoms with E-state index in [0.717, 1.165) is 31.4 Å². The van der Waals surface area contributed by atoms with Crippen LogP contribution >= 0.6 is 0 Å². The normalized spacial score (nSPS) is 29.7. The number of hydrogen-bond acceptors (Lipinski definition) is 4. The number of benzene rings is 1. The molecule has 3 N–H and O–H groups in total. The van der Waals surface area contributed by atoms with Crippen LogP contribution in [0, 0.1) is 5.82 Å². The van der Waals surface area contributed by atoms with E-state index in [2.05, 4.69) is 15.4 Å². The van der Waals surface area contributed by atoms with Gasteiger partial charge in [0.15, 0.2) is 0 Å². The van der Waals surface area contributed by atoms with Crippen LogP contribution in [0.3, 0.4) is 0 Å². The van der Waals surface area contributed by atoms with Gasteiger partial charge in [0.2, 0.25) is 0 Å². The van der Waals surface area contributed by atoms with Gasteiger partial charge in [-0.25, -0.2) is 14.1 Å². The fraction of sp³-hybridized carbons (Fsp3) is 0.556. The summed E-state index contributed by atoms with van der Waals surface area (Å²) in [6.45, 7) is 0.914. The lowest BCUT2D eigenvalue weighted by Gasteiger charge is -2.46. The number of hydrogen-bond donors (Lipinski definition) is 2. The van der Waals surface area contributed by atoms with Gasteiger partial charge in [0.05, 0.1) is 5.54 Å². The first kappa shape index (κ1) is 15.7. The van der Waals surface area contributed by atoms with Gasteiger partial charge in [-0.1, -0.05) is 25.0 Å². The highest BCUT2D eigenvalue weighted by Crippen LogP contribution is 2.43. The van der Waals surface area contributed by atoms with Crippen molar-refractivity contribution in [1.82, 2.24) is 20.1 Å². The number of nitrogens with two attached hydrogens (primary N) is 1. The van der Waals surface area contributed by atoms with Gasteiger partial charge in [-0.2, -0.15) is 5.10 Å². The van der Waals surface area contributed by atoms with Crippen LogP contribution in [0.5, 0.6) is 0 Å². The number of halogens is 1. The zero-order chi connectivity index (χ0) is 16.6. The summed E-state index contributed by atoms with van der Waals surface area (Å²) in [6, 6.07) is 6.92. The Bertz CT molecular complexity index is 663. The van der Waals surface area contributed by atoms with Gasteiger partial charge in [-0.3, -0.25) is 0 Å². The second-order valence-corrected chi connectivity index (χ2v) is 7.11. The Morgan fingerprint density at radius 1 is 1.21 bits per heavy atom. The quantitative estimate of drug-likeness (QED) is 0.905. The first-order valence-electron chi connectivity index (χ1n) is 8.80. The van der Waals surface area contributed by atoms with Gasteiger partial charge in [0, 0.05) is 18.0 Å². The lowest BCUT2D eigenvalue weighted by atomic mass is 9.74. The van der Waals surface area contributed by atoms with Crippen molar-refractivity contribution in [3.63, 3.8) is 0 Å². The molecule has 1 aliphatic heterocycles. The highest BCUT2D eigenvalue weighted by atomic mass is 19.1. The van der Waals surface area contributed by atoms with Gasteiger partial charge < -0.3 is 11.1 Å². The lowest BCUT2D eigenvalue weighted by Crippen LogP contribution is -2.64. The van der Waals surface area contributed by atoms with E-state index < -0.39 is 0 Å². The predicted molar refractivity (Wildman–Crippen MR) is 90.0 cm³/mol. The molecule has 3 atom stereocenters. The van der Waals surface area contributed by atoms with Crippen molar-refractivity contribution < 1.29 is 4.39 Å². The molecule has 0 bridgehead atoms. The number of nitrogens with zero attached hydrogens (tertiary/aromatic N) is 3. The molecule has 0 amide bonds. The Morgan fingerprint density at radius 3 is 2.62 bits per heavy atom. The summed E-state index contributed by atoms with van der Waals surface area (Å²) >= 11 is 0. The topological polar surface area (TPSA) is 68.8 Å². The number of aromatic nitrogens is 3. The molecule has 1 aromatic heterocycles. The molecule has 2 fully saturated rings. The van der Waals surface area contributed by atoms with E-state index in [-0.39, 0.29) is 29.4 Å². The molecular formula is C18H24FN5. The maximum absolute atomic E-state index is 13.3. The van der Waals surface area contributed by atoms with E-state index in [1.54, 1.807) is 6.33 Å². The molecule has 2 aromatic rings. The van der Waals surface area contributed by atoms with E-state index >= 15 is 0 Å². The zero-order valence-electron chi connectivity index (χ0n) is 13.7. The zero-order valence-corrected chi connectivity index (χ0v) is 13.7. The van der Waals surface area contributed by atoms with Crippen LogP contribution in [0.25, 0.3) is 0 Å². The molecule has 0 radical (unpaired) electrons. The van der Waals surface area contributed by atoms with Crippen molar-refractivity contribution in [2.24, 2.45) is 5.73 Å². The largest absolute Gasteiger partial charge is 0.326 e. The summed E-state index contributed by atoms with van der Waals surface area (Å²) in [5.74, 6) is 0.0329. The van der Waals surface area contributed by atoms with Crippen LogP contribution in [0.2, 0.25) is 0 Å². The molecular weight excluding hydrogens is 305 g/mol. The smallest absolute Gasteiger partial charge is 0.137 e. The molecule has 24 heavy (non-hydrogen) atoms. The fourth-order valence-corrected chi connectivity index (χ4v) is 4.71. The second-order valence-electron chi connectivity index (χ2n) is 7.11. The summed E-state index contributed by atoms with van der Waals surface area (Å²) in [6.07, 6.45) is 8.90. The Labute approximate surface area is 141 Å². The van der Waals surface area contributed by atoms with Crippen molar-refractivity contribution in [3.05, 3.63) is 48.3 Å². The maximum atomic E-state index is 13.3. The molecule has 0 spiro atoms. The van der Waals surface area contributed by atoms with Gasteiger partial charge in [0.1, 0.15) is 18.5 Å². The summed E-state index contributed by atoms with van der Waals surface area (Å²) < 4.78 is 15.3. The Morgan fingerprint density at radius 2 is 1.96 bits per heavy atom. The van der Waals surface area contributed by atoms with Gasteiger partial charge in [-0.05, 0) is 43.5 Å². The van der Waals surface area contributed by atoms with Crippen LogP contribution < -0.4 is 11.1 Å². The fourth-order valence-electron chi connectivity index (χ4n) is 4.71. The SMILES string of the molecule is NC1C(C2(n3cncn3)CCCC2)NCC[C@@H]1c1ccc(F)cc1. The van der Waals surface area contributed by atoms with E-state index in [9.17, 15) is 4.39 Å². The van der Waals surface area contributed by atoms with Crippen LogP contribution in [-0.2, 0) is 5.54 Å². The monoisotopic (exact) mass is 329 g/mol. The highest BCUT2D eigenvalue weighted by Gasteiger charge is 2.49. The third-order valence-electron chi connectivity index (χ3n) is 5.89. The molecule has 4 rings (SSSR count). The molecule has 2 heterocycles. The molecule has 128 valence electrons. The highest BCUT2D eigenvalue weighted by molar-refractivity contribution is 5.25. The summed E-state index contributed by atoms with van der Waals surface area (Å²) in [5, 5.41) is 8.11. The molecule has 5 nitrogen and oxygen atoms in total. The van der Waals surface area contributed by atoms with Crippen molar-refractivity contribution in [2.75, 3.05) is 6.54 Å². The van der Waals surface area contributed by atoms with Gasteiger partial charge in [-0.15, -0.1) is 0 Å². The lowest BCUT2D eigenvalue weighted by molar-refractivity contribution is 0.126. The summed E-state index contributed by atoms with van der Waals surface area (Å²) in [7, 11) is 0. The average Bonchev–Trinajstić information content (AvgIpc) is 3.28. The molecule has 1 aliphatic carbocycles. The van der Waals surface area contributed by atoms with Crippen molar-refractivity contribution in [3.8, 4) is 0 Å². The van der Waals surface area contributed by atoms with Gasteiger partial charge in [0.25, 0.3) is 0 Å². The Balaban J connectivity index is 1.66. The molecule has 1 aromatic carbocycles. The minimum absolute atomic E-state index is 0.0356. The Kier molecular flexibility index (Phi) is 4.10. The number of nitrogens with one attached hydrogen (secondary N) is 1. The van der Waals surface area contributed by atoms with Crippen molar-refractivity contribution in [1.29, 1.82) is 0 Å². The molecule has 1 saturated heterocycles. The standard InChI is InChI=1S/C18H24FN5/c19-14-5-3-13(4-6-14)15-7-10-22-17(16(15)20)18(8-1-2-9-18)24-12-21-11-23-24/h3-6,11-12,15-17,22H,1-2,7-10,20H2/t15-,16?,17?/m1/s1. The van der Waals surface area contributed by atoms with E-state index in [1.807, 2.05) is 23.1 Å². The number of piperidine rings is 1. The van der Waals surface area contributed by atoms with Crippen LogP contribution in [0.15, 0.2) is 36.9 Å². The summed E-state index contributed by atoms with van der Waals surface area (Å²) in [4.78, 5) is 4.16. The van der Waals surface area contributed by atoms with Crippen molar-refractivity contribution >= 4 is 0 Å². The van der Waals surface area contributed by atoms with Crippen molar-refractivity contribution in [2.45, 2.75) is 55.6 Å². The molecule has 1 saturated carbocycles. The molecule has 2 unspecified atom stereocenters.